The van der Waals surface area contributed by atoms with Gasteiger partial charge in [0.1, 0.15) is 30.4 Å². The number of alkyl carbamates (subject to hydrolysis) is 1. The maximum absolute atomic E-state index is 13.6. The summed E-state index contributed by atoms with van der Waals surface area (Å²) in [5.41, 5.74) is -1.59. The Morgan fingerprint density at radius 1 is 0.667 bits per heavy atom. The van der Waals surface area contributed by atoms with Gasteiger partial charge in [-0.25, -0.2) is 9.59 Å². The molecule has 0 aliphatic heterocycles. The average molecular weight is 722 g/mol. The molecular formula is C35H55N5O11. The summed E-state index contributed by atoms with van der Waals surface area (Å²) in [4.78, 5) is 88.2. The number of benzene rings is 1. The molecule has 0 aromatic heterocycles. The number of ether oxygens (including phenoxy) is 4. The fraction of sp³-hybridized carbons (Fsp3) is 0.629. The zero-order valence-corrected chi connectivity index (χ0v) is 31.4. The van der Waals surface area contributed by atoms with E-state index in [1.165, 1.54) is 0 Å². The van der Waals surface area contributed by atoms with Crippen LogP contribution >= 0.6 is 0 Å². The van der Waals surface area contributed by atoms with Gasteiger partial charge in [-0.05, 0) is 81.2 Å². The summed E-state index contributed by atoms with van der Waals surface area (Å²) in [5.74, 6) is -4.41. The van der Waals surface area contributed by atoms with Gasteiger partial charge in [0.15, 0.2) is 6.04 Å². The van der Waals surface area contributed by atoms with Crippen molar-refractivity contribution in [3.63, 3.8) is 0 Å². The van der Waals surface area contributed by atoms with Crippen LogP contribution in [0.3, 0.4) is 0 Å². The van der Waals surface area contributed by atoms with E-state index in [0.717, 1.165) is 5.56 Å². The van der Waals surface area contributed by atoms with Crippen LogP contribution in [0.15, 0.2) is 30.3 Å². The summed E-state index contributed by atoms with van der Waals surface area (Å²) in [7, 11) is 0. The second kappa shape index (κ2) is 20.2. The van der Waals surface area contributed by atoms with Crippen LogP contribution in [-0.2, 0) is 54.3 Å². The molecule has 0 spiro atoms. The van der Waals surface area contributed by atoms with Crippen LogP contribution in [0.5, 0.6) is 0 Å². The molecule has 0 aliphatic rings. The zero-order valence-electron chi connectivity index (χ0n) is 31.4. The van der Waals surface area contributed by atoms with Gasteiger partial charge in [-0.2, -0.15) is 0 Å². The number of nitrogens with one attached hydrogen (secondary N) is 5. The summed E-state index contributed by atoms with van der Waals surface area (Å²) >= 11 is 0. The predicted octanol–water partition coefficient (Wildman–Crippen LogP) is 1.78. The second-order valence-electron chi connectivity index (χ2n) is 14.7. The standard InChI is InChI=1S/C35H55N5O11/c1-22(49-33(2,3)4)29(31(46)51-35(8,9)10)40-30(45)24(16-17-28(44)50-34(5,6)7)39-27(43)20-37-25(41)18-36-26(42)19-38-32(47)48-21-23-14-12-11-13-15-23/h11-15,22,24,29H,16-21H2,1-10H3,(H,36,42)(H,37,41)(H,38,47)(H,39,43)(H,40,45)/t22-,24+,29+/m1/s1. The van der Waals surface area contributed by atoms with Crippen LogP contribution in [0.25, 0.3) is 0 Å². The van der Waals surface area contributed by atoms with Crippen LogP contribution in [-0.4, -0.2) is 96.3 Å². The lowest BCUT2D eigenvalue weighted by molar-refractivity contribution is -0.166. The Labute approximate surface area is 299 Å². The third-order valence-corrected chi connectivity index (χ3v) is 6.17. The summed E-state index contributed by atoms with van der Waals surface area (Å²) in [6.45, 7) is 15.4. The summed E-state index contributed by atoms with van der Waals surface area (Å²) < 4.78 is 21.8. The van der Waals surface area contributed by atoms with Crippen LogP contribution in [0, 0.1) is 0 Å². The lowest BCUT2D eigenvalue weighted by Gasteiger charge is -2.33. The quantitative estimate of drug-likeness (QED) is 0.115. The number of esters is 2. The van der Waals surface area contributed by atoms with Crippen molar-refractivity contribution in [1.29, 1.82) is 0 Å². The van der Waals surface area contributed by atoms with Crippen molar-refractivity contribution in [1.82, 2.24) is 26.6 Å². The molecule has 0 saturated carbocycles. The van der Waals surface area contributed by atoms with Gasteiger partial charge in [-0.3, -0.25) is 24.0 Å². The maximum atomic E-state index is 13.6. The van der Waals surface area contributed by atoms with Gasteiger partial charge in [0.2, 0.25) is 23.6 Å². The third-order valence-electron chi connectivity index (χ3n) is 6.17. The lowest BCUT2D eigenvalue weighted by atomic mass is 10.1. The second-order valence-corrected chi connectivity index (χ2v) is 14.7. The first-order valence-corrected chi connectivity index (χ1v) is 16.6. The van der Waals surface area contributed by atoms with Gasteiger partial charge in [0.25, 0.3) is 0 Å². The number of hydrogen-bond donors (Lipinski definition) is 5. The Balaban J connectivity index is 2.82. The monoisotopic (exact) mass is 721 g/mol. The topological polar surface area (TPSA) is 217 Å². The van der Waals surface area contributed by atoms with E-state index in [0.29, 0.717) is 0 Å². The molecule has 0 saturated heterocycles. The van der Waals surface area contributed by atoms with Crippen LogP contribution in [0.1, 0.15) is 87.6 Å². The van der Waals surface area contributed by atoms with Gasteiger partial charge in [0, 0.05) is 6.42 Å². The maximum Gasteiger partial charge on any atom is 0.407 e. The van der Waals surface area contributed by atoms with Crippen molar-refractivity contribution in [3.8, 4) is 0 Å². The Morgan fingerprint density at radius 3 is 1.73 bits per heavy atom. The fourth-order valence-corrected chi connectivity index (χ4v) is 4.19. The molecule has 5 amide bonds. The molecule has 1 rings (SSSR count). The summed E-state index contributed by atoms with van der Waals surface area (Å²) in [6, 6.07) is 6.32. The van der Waals surface area contributed by atoms with Crippen LogP contribution in [0.2, 0.25) is 0 Å². The average Bonchev–Trinajstić information content (AvgIpc) is 2.99. The van der Waals surface area contributed by atoms with Gasteiger partial charge >= 0.3 is 18.0 Å². The highest BCUT2D eigenvalue weighted by molar-refractivity contribution is 5.93. The van der Waals surface area contributed by atoms with Crippen molar-refractivity contribution >= 4 is 41.7 Å². The molecule has 51 heavy (non-hydrogen) atoms. The Kier molecular flexibility index (Phi) is 17.5. The molecule has 0 fully saturated rings. The Morgan fingerprint density at radius 2 is 1.20 bits per heavy atom. The largest absolute Gasteiger partial charge is 0.460 e. The van der Waals surface area contributed by atoms with E-state index < -0.39 is 96.3 Å². The number of carbonyl (C=O) groups is 7. The third kappa shape index (κ3) is 21.2. The molecule has 286 valence electrons. The lowest BCUT2D eigenvalue weighted by Crippen LogP contribution is -2.57. The van der Waals surface area contributed by atoms with E-state index in [9.17, 15) is 33.6 Å². The van der Waals surface area contributed by atoms with Crippen molar-refractivity contribution in [2.45, 2.75) is 124 Å². The normalized spacial score (nSPS) is 13.4. The Hall–Kier alpha value is -4.73. The molecule has 1 aromatic rings. The van der Waals surface area contributed by atoms with E-state index in [4.69, 9.17) is 18.9 Å². The highest BCUT2D eigenvalue weighted by Gasteiger charge is 2.36. The number of hydrogen-bond acceptors (Lipinski definition) is 11. The van der Waals surface area contributed by atoms with E-state index in [2.05, 4.69) is 26.6 Å². The highest BCUT2D eigenvalue weighted by Crippen LogP contribution is 2.17. The van der Waals surface area contributed by atoms with Crippen LogP contribution in [0.4, 0.5) is 4.79 Å². The van der Waals surface area contributed by atoms with E-state index in [1.807, 2.05) is 6.07 Å². The minimum Gasteiger partial charge on any atom is -0.460 e. The summed E-state index contributed by atoms with van der Waals surface area (Å²) in [5, 5.41) is 11.9. The first-order valence-electron chi connectivity index (χ1n) is 16.6. The smallest absolute Gasteiger partial charge is 0.407 e. The van der Waals surface area contributed by atoms with E-state index in [-0.39, 0.29) is 19.4 Å². The van der Waals surface area contributed by atoms with Crippen molar-refractivity contribution in [2.24, 2.45) is 0 Å². The Bertz CT molecular complexity index is 1350. The minimum atomic E-state index is -1.33. The van der Waals surface area contributed by atoms with Gasteiger partial charge in [0.05, 0.1) is 24.8 Å². The van der Waals surface area contributed by atoms with E-state index >= 15 is 0 Å². The molecule has 0 bridgehead atoms. The molecule has 0 radical (unpaired) electrons. The van der Waals surface area contributed by atoms with Crippen LogP contribution < -0.4 is 26.6 Å². The molecule has 0 unspecified atom stereocenters. The highest BCUT2D eigenvalue weighted by atomic mass is 16.6. The first-order chi connectivity index (χ1) is 23.4. The fourth-order valence-electron chi connectivity index (χ4n) is 4.19. The van der Waals surface area contributed by atoms with Gasteiger partial charge in [-0.15, -0.1) is 0 Å². The molecule has 3 atom stereocenters. The first kappa shape index (κ1) is 44.3. The number of carbonyl (C=O) groups excluding carboxylic acids is 7. The summed E-state index contributed by atoms with van der Waals surface area (Å²) in [6.07, 6.45) is -2.13. The SMILES string of the molecule is C[C@@H](OC(C)(C)C)[C@H](NC(=O)[C@H](CCC(=O)OC(C)(C)C)NC(=O)CNC(=O)CNC(=O)CNC(=O)OCc1ccccc1)C(=O)OC(C)(C)C. The van der Waals surface area contributed by atoms with Gasteiger partial charge in [-0.1, -0.05) is 30.3 Å². The minimum absolute atomic E-state index is 0.0113. The van der Waals surface area contributed by atoms with Gasteiger partial charge < -0.3 is 45.5 Å². The molecule has 16 nitrogen and oxygen atoms in total. The molecule has 16 heteroatoms. The van der Waals surface area contributed by atoms with E-state index in [1.54, 1.807) is 93.5 Å². The number of rotatable bonds is 17. The predicted molar refractivity (Wildman–Crippen MR) is 186 cm³/mol. The molecule has 5 N–H and O–H groups in total. The molecular weight excluding hydrogens is 666 g/mol. The molecule has 1 aromatic carbocycles. The molecule has 0 aliphatic carbocycles. The molecule has 0 heterocycles. The number of amides is 5. The van der Waals surface area contributed by atoms with Crippen molar-refractivity contribution in [3.05, 3.63) is 35.9 Å². The zero-order chi connectivity index (χ0) is 39.0. The van der Waals surface area contributed by atoms with Crippen molar-refractivity contribution < 1.29 is 52.5 Å². The van der Waals surface area contributed by atoms with Crippen molar-refractivity contribution in [2.75, 3.05) is 19.6 Å².